The second kappa shape index (κ2) is 4.00. The van der Waals surface area contributed by atoms with E-state index in [2.05, 4.69) is 23.3 Å². The van der Waals surface area contributed by atoms with Crippen LogP contribution < -0.4 is 0 Å². The molecule has 2 aromatic rings. The fourth-order valence-electron chi connectivity index (χ4n) is 2.71. The molecule has 0 aliphatic heterocycles. The van der Waals surface area contributed by atoms with Crippen LogP contribution in [0, 0.1) is 0 Å². The lowest BCUT2D eigenvalue weighted by Crippen LogP contribution is -2.09. The third-order valence-corrected chi connectivity index (χ3v) is 3.60. The largest absolute Gasteiger partial charge is 0.386 e. The molecule has 3 heteroatoms. The molecular formula is C14H16N2O. The average Bonchev–Trinajstić information content (AvgIpc) is 2.94. The number of hydrogen-bond donors (Lipinski definition) is 1. The van der Waals surface area contributed by atoms with Crippen LogP contribution in [0.5, 0.6) is 0 Å². The van der Waals surface area contributed by atoms with Crippen LogP contribution in [0.15, 0.2) is 36.5 Å². The summed E-state index contributed by atoms with van der Waals surface area (Å²) in [5, 5.41) is 14.7. The van der Waals surface area contributed by atoms with Gasteiger partial charge in [0.25, 0.3) is 0 Å². The molecule has 3 rings (SSSR count). The van der Waals surface area contributed by atoms with Gasteiger partial charge in [-0.2, -0.15) is 5.10 Å². The van der Waals surface area contributed by atoms with Gasteiger partial charge in [-0.3, -0.25) is 4.68 Å². The first kappa shape index (κ1) is 10.5. The van der Waals surface area contributed by atoms with Crippen LogP contribution in [0.25, 0.3) is 0 Å². The van der Waals surface area contributed by atoms with Crippen LogP contribution in [0.3, 0.4) is 0 Å². The quantitative estimate of drug-likeness (QED) is 0.855. The summed E-state index contributed by atoms with van der Waals surface area (Å²) in [5.41, 5.74) is 3.42. The summed E-state index contributed by atoms with van der Waals surface area (Å²) < 4.78 is 1.74. The van der Waals surface area contributed by atoms with Gasteiger partial charge in [-0.05, 0) is 30.0 Å². The first-order chi connectivity index (χ1) is 8.25. The monoisotopic (exact) mass is 228 g/mol. The normalized spacial score (nSPS) is 20.2. The fraction of sp³-hybridized carbons (Fsp3) is 0.357. The maximum Gasteiger partial charge on any atom is 0.105 e. The van der Waals surface area contributed by atoms with Crippen molar-refractivity contribution >= 4 is 0 Å². The van der Waals surface area contributed by atoms with Gasteiger partial charge in [-0.15, -0.1) is 0 Å². The van der Waals surface area contributed by atoms with E-state index in [1.165, 1.54) is 11.1 Å². The van der Waals surface area contributed by atoms with Gasteiger partial charge in [0.1, 0.15) is 6.10 Å². The first-order valence-electron chi connectivity index (χ1n) is 6.01. The van der Waals surface area contributed by atoms with Crippen LogP contribution in [-0.2, 0) is 13.5 Å². The van der Waals surface area contributed by atoms with Gasteiger partial charge in [-0.1, -0.05) is 24.3 Å². The first-order valence-corrected chi connectivity index (χ1v) is 6.01. The van der Waals surface area contributed by atoms with Crippen molar-refractivity contribution in [3.05, 3.63) is 53.3 Å². The summed E-state index contributed by atoms with van der Waals surface area (Å²) in [6.45, 7) is 0. The molecule has 0 fully saturated rings. The minimum Gasteiger partial charge on any atom is -0.386 e. The van der Waals surface area contributed by atoms with E-state index in [1.54, 1.807) is 4.68 Å². The smallest absolute Gasteiger partial charge is 0.105 e. The third kappa shape index (κ3) is 1.76. The number of hydrogen-bond acceptors (Lipinski definition) is 2. The Bertz CT molecular complexity index is 533. The van der Waals surface area contributed by atoms with Crippen LogP contribution in [-0.4, -0.2) is 14.9 Å². The predicted octanol–water partition coefficient (Wildman–Crippen LogP) is 2.18. The highest BCUT2D eigenvalue weighted by molar-refractivity contribution is 5.36. The zero-order valence-electron chi connectivity index (χ0n) is 9.87. The summed E-state index contributed by atoms with van der Waals surface area (Å²) in [6.07, 6.45) is 3.46. The Balaban J connectivity index is 1.92. The molecule has 2 unspecified atom stereocenters. The molecule has 1 aromatic carbocycles. The number of fused-ring (bicyclic) bond motifs is 1. The van der Waals surface area contributed by atoms with E-state index in [4.69, 9.17) is 0 Å². The summed E-state index contributed by atoms with van der Waals surface area (Å²) in [5.74, 6) is 0.195. The number of nitrogens with zero attached hydrogens (tertiary/aromatic N) is 2. The summed E-state index contributed by atoms with van der Waals surface area (Å²) in [6, 6.07) is 10.3. The molecule has 17 heavy (non-hydrogen) atoms. The molecule has 0 amide bonds. The maximum atomic E-state index is 10.4. The standard InChI is InChI=1S/C14H16N2O/c1-16-9-8-13(15-16)14(17)12-7-6-10-4-2-3-5-11(10)12/h2-5,8-9,12,14,17H,6-7H2,1H3. The van der Waals surface area contributed by atoms with Crippen molar-refractivity contribution in [3.8, 4) is 0 Å². The molecule has 1 N–H and O–H groups in total. The molecule has 0 radical (unpaired) electrons. The number of rotatable bonds is 2. The SMILES string of the molecule is Cn1ccc(C(O)C2CCc3ccccc32)n1. The van der Waals surface area contributed by atoms with Gasteiger partial charge in [0.15, 0.2) is 0 Å². The number of aryl methyl sites for hydroxylation is 2. The Labute approximate surface area is 101 Å². The van der Waals surface area contributed by atoms with Gasteiger partial charge >= 0.3 is 0 Å². The van der Waals surface area contributed by atoms with Gasteiger partial charge in [0.05, 0.1) is 5.69 Å². The van der Waals surface area contributed by atoms with Crippen LogP contribution in [0.1, 0.15) is 35.3 Å². The second-order valence-electron chi connectivity index (χ2n) is 4.70. The van der Waals surface area contributed by atoms with E-state index in [0.717, 1.165) is 18.5 Å². The van der Waals surface area contributed by atoms with E-state index in [1.807, 2.05) is 25.4 Å². The average molecular weight is 228 g/mol. The lowest BCUT2D eigenvalue weighted by atomic mass is 9.93. The fourth-order valence-corrected chi connectivity index (χ4v) is 2.71. The summed E-state index contributed by atoms with van der Waals surface area (Å²) >= 11 is 0. The molecular weight excluding hydrogens is 212 g/mol. The summed E-state index contributed by atoms with van der Waals surface area (Å²) in [7, 11) is 1.87. The lowest BCUT2D eigenvalue weighted by Gasteiger charge is -2.17. The second-order valence-corrected chi connectivity index (χ2v) is 4.70. The Kier molecular flexibility index (Phi) is 2.48. The van der Waals surface area contributed by atoms with E-state index >= 15 is 0 Å². The van der Waals surface area contributed by atoms with Crippen LogP contribution >= 0.6 is 0 Å². The third-order valence-electron chi connectivity index (χ3n) is 3.60. The highest BCUT2D eigenvalue weighted by atomic mass is 16.3. The van der Waals surface area contributed by atoms with Crippen LogP contribution in [0.4, 0.5) is 0 Å². The van der Waals surface area contributed by atoms with Crippen molar-refractivity contribution in [3.63, 3.8) is 0 Å². The molecule has 0 saturated heterocycles. The molecule has 1 aromatic heterocycles. The Morgan fingerprint density at radius 2 is 2.18 bits per heavy atom. The Hall–Kier alpha value is -1.61. The van der Waals surface area contributed by atoms with Crippen molar-refractivity contribution in [1.82, 2.24) is 9.78 Å². The molecule has 1 aliphatic rings. The van der Waals surface area contributed by atoms with E-state index in [-0.39, 0.29) is 5.92 Å². The number of benzene rings is 1. The Morgan fingerprint density at radius 3 is 2.94 bits per heavy atom. The van der Waals surface area contributed by atoms with Crippen molar-refractivity contribution in [2.24, 2.45) is 7.05 Å². The van der Waals surface area contributed by atoms with Crippen molar-refractivity contribution in [1.29, 1.82) is 0 Å². The van der Waals surface area contributed by atoms with Gasteiger partial charge in [0, 0.05) is 19.2 Å². The zero-order chi connectivity index (χ0) is 11.8. The molecule has 88 valence electrons. The van der Waals surface area contributed by atoms with Crippen molar-refractivity contribution in [2.75, 3.05) is 0 Å². The van der Waals surface area contributed by atoms with Gasteiger partial charge in [-0.25, -0.2) is 0 Å². The van der Waals surface area contributed by atoms with Crippen LogP contribution in [0.2, 0.25) is 0 Å². The van der Waals surface area contributed by atoms with E-state index in [0.29, 0.717) is 0 Å². The van der Waals surface area contributed by atoms with E-state index in [9.17, 15) is 5.11 Å². The molecule has 0 bridgehead atoms. The number of aromatic nitrogens is 2. The topological polar surface area (TPSA) is 38.0 Å². The molecule has 1 aliphatic carbocycles. The molecule has 0 saturated carbocycles. The highest BCUT2D eigenvalue weighted by Crippen LogP contribution is 2.40. The molecule has 2 atom stereocenters. The molecule has 0 spiro atoms. The molecule has 1 heterocycles. The van der Waals surface area contributed by atoms with E-state index < -0.39 is 6.10 Å². The minimum absolute atomic E-state index is 0.195. The molecule has 3 nitrogen and oxygen atoms in total. The maximum absolute atomic E-state index is 10.4. The van der Waals surface area contributed by atoms with Crippen molar-refractivity contribution in [2.45, 2.75) is 24.9 Å². The minimum atomic E-state index is -0.486. The number of aliphatic hydroxyl groups excluding tert-OH is 1. The zero-order valence-corrected chi connectivity index (χ0v) is 9.87. The number of aliphatic hydroxyl groups is 1. The summed E-state index contributed by atoms with van der Waals surface area (Å²) in [4.78, 5) is 0. The van der Waals surface area contributed by atoms with Crippen molar-refractivity contribution < 1.29 is 5.11 Å². The van der Waals surface area contributed by atoms with Gasteiger partial charge < -0.3 is 5.11 Å². The lowest BCUT2D eigenvalue weighted by molar-refractivity contribution is 0.139. The Morgan fingerprint density at radius 1 is 1.35 bits per heavy atom. The predicted molar refractivity (Wildman–Crippen MR) is 65.7 cm³/mol. The van der Waals surface area contributed by atoms with Gasteiger partial charge in [0.2, 0.25) is 0 Å². The highest BCUT2D eigenvalue weighted by Gasteiger charge is 2.30.